The van der Waals surface area contributed by atoms with Crippen LogP contribution in [-0.2, 0) is 16.6 Å². The lowest BCUT2D eigenvalue weighted by atomic mass is 9.73. The Kier molecular flexibility index (Phi) is 7.13. The molecule has 1 heterocycles. The molecule has 0 aliphatic rings. The van der Waals surface area contributed by atoms with Crippen LogP contribution in [0.25, 0.3) is 22.5 Å². The highest BCUT2D eigenvalue weighted by molar-refractivity contribution is 5.80. The lowest BCUT2D eigenvalue weighted by molar-refractivity contribution is 0.125. The van der Waals surface area contributed by atoms with E-state index in [4.69, 9.17) is 9.26 Å². The highest BCUT2D eigenvalue weighted by Crippen LogP contribution is 2.37. The van der Waals surface area contributed by atoms with E-state index in [2.05, 4.69) is 85.5 Å². The molecule has 0 saturated carbocycles. The van der Waals surface area contributed by atoms with Crippen LogP contribution in [0.2, 0.25) is 0 Å². The summed E-state index contributed by atoms with van der Waals surface area (Å²) >= 11 is 0. The molecule has 0 radical (unpaired) electrons. The molecule has 1 atom stereocenters. The molecule has 5 nitrogen and oxygen atoms in total. The number of nitrogens with zero attached hydrogens (tertiary/aromatic N) is 1. The molecule has 1 N–H and O–H groups in total. The first-order valence-electron chi connectivity index (χ1n) is 11.8. The van der Waals surface area contributed by atoms with Gasteiger partial charge < -0.3 is 4.74 Å². The SMILES string of the molecule is CCC(COC)(Cc1ccc(-c2ccccc2)c(-c2noc(=O)[nH]2)c1)c1cccc(C(C)C)c1. The number of nitrogens with one attached hydrogen (secondary N) is 1. The van der Waals surface area contributed by atoms with Crippen molar-refractivity contribution >= 4 is 0 Å². The van der Waals surface area contributed by atoms with Crippen molar-refractivity contribution in [2.45, 2.75) is 44.9 Å². The Hall–Kier alpha value is -3.44. The Morgan fingerprint density at radius 2 is 1.79 bits per heavy atom. The van der Waals surface area contributed by atoms with Gasteiger partial charge in [-0.05, 0) is 52.6 Å². The minimum atomic E-state index is -0.563. The predicted molar refractivity (Wildman–Crippen MR) is 136 cm³/mol. The van der Waals surface area contributed by atoms with Crippen molar-refractivity contribution in [2.75, 3.05) is 13.7 Å². The van der Waals surface area contributed by atoms with Crippen LogP contribution in [0.4, 0.5) is 0 Å². The van der Waals surface area contributed by atoms with E-state index in [-0.39, 0.29) is 5.41 Å². The van der Waals surface area contributed by atoms with E-state index in [1.807, 2.05) is 18.2 Å². The van der Waals surface area contributed by atoms with E-state index in [1.165, 1.54) is 11.1 Å². The number of aromatic nitrogens is 2. The third kappa shape index (κ3) is 4.90. The third-order valence-corrected chi connectivity index (χ3v) is 6.67. The fourth-order valence-electron chi connectivity index (χ4n) is 4.67. The van der Waals surface area contributed by atoms with Crippen LogP contribution in [0.15, 0.2) is 82.1 Å². The highest BCUT2D eigenvalue weighted by Gasteiger charge is 2.32. The number of rotatable bonds is 9. The van der Waals surface area contributed by atoms with Crippen molar-refractivity contribution in [3.63, 3.8) is 0 Å². The first kappa shape index (κ1) is 23.7. The summed E-state index contributed by atoms with van der Waals surface area (Å²) in [6.07, 6.45) is 1.72. The summed E-state index contributed by atoms with van der Waals surface area (Å²) in [5.74, 6) is 0.325. The molecule has 34 heavy (non-hydrogen) atoms. The van der Waals surface area contributed by atoms with E-state index in [0.717, 1.165) is 35.1 Å². The van der Waals surface area contributed by atoms with Crippen LogP contribution in [0.5, 0.6) is 0 Å². The van der Waals surface area contributed by atoms with E-state index in [0.29, 0.717) is 18.3 Å². The quantitative estimate of drug-likeness (QED) is 0.318. The summed E-state index contributed by atoms with van der Waals surface area (Å²) in [7, 11) is 1.76. The number of aromatic amines is 1. The molecular formula is C29H32N2O3. The number of ether oxygens (including phenoxy) is 1. The molecule has 0 aliphatic carbocycles. The van der Waals surface area contributed by atoms with Gasteiger partial charge in [0, 0.05) is 18.1 Å². The molecule has 0 saturated heterocycles. The average Bonchev–Trinajstić information content (AvgIpc) is 3.30. The Morgan fingerprint density at radius 1 is 1.00 bits per heavy atom. The van der Waals surface area contributed by atoms with Crippen molar-refractivity contribution in [1.29, 1.82) is 0 Å². The smallest absolute Gasteiger partial charge is 0.384 e. The molecule has 4 aromatic rings. The Labute approximate surface area is 200 Å². The molecule has 176 valence electrons. The molecule has 4 rings (SSSR count). The van der Waals surface area contributed by atoms with Crippen LogP contribution in [-0.4, -0.2) is 23.9 Å². The van der Waals surface area contributed by atoms with E-state index < -0.39 is 5.76 Å². The summed E-state index contributed by atoms with van der Waals surface area (Å²) in [5, 5.41) is 3.99. The Balaban J connectivity index is 1.81. The largest absolute Gasteiger partial charge is 0.439 e. The van der Waals surface area contributed by atoms with E-state index in [9.17, 15) is 4.79 Å². The van der Waals surface area contributed by atoms with Gasteiger partial charge in [0.1, 0.15) is 0 Å². The zero-order valence-corrected chi connectivity index (χ0v) is 20.3. The molecule has 1 aromatic heterocycles. The molecule has 3 aromatic carbocycles. The molecule has 0 bridgehead atoms. The predicted octanol–water partition coefficient (Wildman–Crippen LogP) is 6.36. The standard InChI is InChI=1S/C29H32N2O3/c1-5-29(19-33-4,24-13-9-12-23(17-24)20(2)3)18-21-14-15-25(22-10-7-6-8-11-22)26(16-21)27-30-28(32)34-31-27/h6-17,20H,5,18-19H2,1-4H3,(H,30,31,32). The maximum Gasteiger partial charge on any atom is 0.439 e. The monoisotopic (exact) mass is 456 g/mol. The van der Waals surface area contributed by atoms with Gasteiger partial charge in [0.2, 0.25) is 0 Å². The Morgan fingerprint density at radius 3 is 2.44 bits per heavy atom. The summed E-state index contributed by atoms with van der Waals surface area (Å²) in [4.78, 5) is 14.5. The molecule has 1 unspecified atom stereocenters. The van der Waals surface area contributed by atoms with E-state index >= 15 is 0 Å². The second-order valence-electron chi connectivity index (χ2n) is 9.21. The van der Waals surface area contributed by atoms with Crippen LogP contribution in [0, 0.1) is 0 Å². The topological polar surface area (TPSA) is 68.1 Å². The van der Waals surface area contributed by atoms with Gasteiger partial charge in [-0.1, -0.05) is 92.7 Å². The minimum absolute atomic E-state index is 0.178. The molecule has 5 heteroatoms. The van der Waals surface area contributed by atoms with Gasteiger partial charge in [-0.15, -0.1) is 0 Å². The average molecular weight is 457 g/mol. The number of hydrogen-bond acceptors (Lipinski definition) is 4. The molecule has 0 aliphatic heterocycles. The number of H-pyrrole nitrogens is 1. The third-order valence-electron chi connectivity index (χ3n) is 6.67. The summed E-state index contributed by atoms with van der Waals surface area (Å²) in [5.41, 5.74) is 6.46. The van der Waals surface area contributed by atoms with Gasteiger partial charge in [-0.25, -0.2) is 4.79 Å². The van der Waals surface area contributed by atoms with Crippen LogP contribution >= 0.6 is 0 Å². The maximum absolute atomic E-state index is 11.7. The van der Waals surface area contributed by atoms with Crippen molar-refractivity contribution in [2.24, 2.45) is 0 Å². The first-order chi connectivity index (χ1) is 16.5. The van der Waals surface area contributed by atoms with Gasteiger partial charge in [0.15, 0.2) is 5.82 Å². The zero-order chi connectivity index (χ0) is 24.1. The fourth-order valence-corrected chi connectivity index (χ4v) is 4.67. The lowest BCUT2D eigenvalue weighted by Crippen LogP contribution is -2.33. The van der Waals surface area contributed by atoms with Crippen LogP contribution in [0.3, 0.4) is 0 Å². The van der Waals surface area contributed by atoms with Crippen molar-refractivity contribution in [3.05, 3.63) is 100 Å². The second kappa shape index (κ2) is 10.2. The van der Waals surface area contributed by atoms with Crippen LogP contribution < -0.4 is 5.76 Å². The number of benzene rings is 3. The first-order valence-corrected chi connectivity index (χ1v) is 11.8. The van der Waals surface area contributed by atoms with Gasteiger partial charge in [0.05, 0.1) is 6.61 Å². The second-order valence-corrected chi connectivity index (χ2v) is 9.21. The Bertz CT molecular complexity index is 1290. The van der Waals surface area contributed by atoms with Gasteiger partial charge in [-0.3, -0.25) is 9.51 Å². The van der Waals surface area contributed by atoms with Gasteiger partial charge >= 0.3 is 5.76 Å². The van der Waals surface area contributed by atoms with E-state index in [1.54, 1.807) is 7.11 Å². The fraction of sp³-hybridized carbons (Fsp3) is 0.310. The highest BCUT2D eigenvalue weighted by atomic mass is 16.5. The minimum Gasteiger partial charge on any atom is -0.384 e. The molecule has 0 amide bonds. The van der Waals surface area contributed by atoms with Crippen molar-refractivity contribution < 1.29 is 9.26 Å². The van der Waals surface area contributed by atoms with Crippen LogP contribution in [0.1, 0.15) is 49.8 Å². The normalized spacial score (nSPS) is 13.2. The maximum atomic E-state index is 11.7. The zero-order valence-electron chi connectivity index (χ0n) is 20.3. The van der Waals surface area contributed by atoms with Gasteiger partial charge in [-0.2, -0.15) is 0 Å². The summed E-state index contributed by atoms with van der Waals surface area (Å²) < 4.78 is 10.6. The molecule has 0 fully saturated rings. The van der Waals surface area contributed by atoms with Gasteiger partial charge in [0.25, 0.3) is 0 Å². The molecular weight excluding hydrogens is 424 g/mol. The lowest BCUT2D eigenvalue weighted by Gasteiger charge is -2.34. The van der Waals surface area contributed by atoms with Crippen molar-refractivity contribution in [1.82, 2.24) is 10.1 Å². The summed E-state index contributed by atoms with van der Waals surface area (Å²) in [6.45, 7) is 7.27. The summed E-state index contributed by atoms with van der Waals surface area (Å²) in [6, 6.07) is 25.3. The number of methoxy groups -OCH3 is 1. The van der Waals surface area contributed by atoms with Crippen molar-refractivity contribution in [3.8, 4) is 22.5 Å². The molecule has 0 spiro atoms. The number of hydrogen-bond donors (Lipinski definition) is 1.